The molecule has 2 nitrogen and oxygen atoms in total. The number of nitrogens with one attached hydrogen (secondary N) is 2. The van der Waals surface area contributed by atoms with Gasteiger partial charge in [0.1, 0.15) is 0 Å². The van der Waals surface area contributed by atoms with Crippen LogP contribution in [0.15, 0.2) is 30.5 Å². The van der Waals surface area contributed by atoms with Crippen LogP contribution in [-0.2, 0) is 6.42 Å². The highest BCUT2D eigenvalue weighted by Gasteiger charge is 1.98. The number of hydrogen-bond donors (Lipinski definition) is 1. The Balaban J connectivity index is 2.55. The van der Waals surface area contributed by atoms with Crippen LogP contribution in [0.4, 0.5) is 0 Å². The van der Waals surface area contributed by atoms with Gasteiger partial charge in [-0.25, -0.2) is 0 Å². The van der Waals surface area contributed by atoms with E-state index in [1.54, 1.807) is 0 Å². The molecule has 0 amide bonds. The Morgan fingerprint density at radius 2 is 2.08 bits per heavy atom. The average Bonchev–Trinajstić information content (AvgIpc) is 2.50. The quantitative estimate of drug-likeness (QED) is 0.700. The van der Waals surface area contributed by atoms with Crippen LogP contribution in [0.5, 0.6) is 0 Å². The summed E-state index contributed by atoms with van der Waals surface area (Å²) in [5.74, 6) is 0. The molecular weight excluding hydrogens is 148 g/mol. The lowest BCUT2D eigenvalue weighted by molar-refractivity contribution is 1.10. The first kappa shape index (κ1) is 7.37. The molecular formula is C10H11N2-. The zero-order valence-corrected chi connectivity index (χ0v) is 6.80. The maximum Gasteiger partial charge on any atom is 0.0456 e. The third kappa shape index (κ3) is 1.10. The molecule has 0 radical (unpaired) electrons. The molecule has 2 N–H and O–H groups in total. The number of para-hydroxylation sites is 1. The summed E-state index contributed by atoms with van der Waals surface area (Å²) in [7, 11) is 0. The van der Waals surface area contributed by atoms with E-state index in [2.05, 4.69) is 17.1 Å². The fourth-order valence-corrected chi connectivity index (χ4v) is 1.47. The molecule has 2 rings (SSSR count). The van der Waals surface area contributed by atoms with E-state index in [0.717, 1.165) is 6.42 Å². The number of H-pyrrole nitrogens is 1. The molecule has 0 bridgehead atoms. The van der Waals surface area contributed by atoms with Crippen LogP contribution in [-0.4, -0.2) is 11.5 Å². The predicted molar refractivity (Wildman–Crippen MR) is 51.2 cm³/mol. The van der Waals surface area contributed by atoms with E-state index < -0.39 is 0 Å². The maximum atomic E-state index is 7.14. The molecule has 0 spiro atoms. The van der Waals surface area contributed by atoms with E-state index in [-0.39, 0.29) is 0 Å². The minimum Gasteiger partial charge on any atom is -0.677 e. The maximum absolute atomic E-state index is 7.14. The summed E-state index contributed by atoms with van der Waals surface area (Å²) in [6, 6.07) is 8.20. The monoisotopic (exact) mass is 159 g/mol. The van der Waals surface area contributed by atoms with Crippen molar-refractivity contribution in [2.75, 3.05) is 6.54 Å². The smallest absolute Gasteiger partial charge is 0.0456 e. The van der Waals surface area contributed by atoms with Crippen molar-refractivity contribution in [2.45, 2.75) is 6.42 Å². The van der Waals surface area contributed by atoms with Crippen molar-refractivity contribution >= 4 is 10.9 Å². The average molecular weight is 159 g/mol. The molecule has 2 heteroatoms. The van der Waals surface area contributed by atoms with Gasteiger partial charge < -0.3 is 10.7 Å². The third-order valence-corrected chi connectivity index (χ3v) is 2.07. The van der Waals surface area contributed by atoms with Gasteiger partial charge in [0.05, 0.1) is 0 Å². The summed E-state index contributed by atoms with van der Waals surface area (Å²) in [5.41, 5.74) is 9.56. The molecule has 0 unspecified atom stereocenters. The first-order valence-corrected chi connectivity index (χ1v) is 4.11. The molecule has 0 fully saturated rings. The number of rotatable bonds is 2. The van der Waals surface area contributed by atoms with Crippen LogP contribution in [0.3, 0.4) is 0 Å². The van der Waals surface area contributed by atoms with Crippen LogP contribution in [0.2, 0.25) is 0 Å². The van der Waals surface area contributed by atoms with Crippen molar-refractivity contribution in [1.82, 2.24) is 4.98 Å². The topological polar surface area (TPSA) is 39.6 Å². The standard InChI is InChI=1S/C10H11N2/c11-6-5-8-7-12-10-4-2-1-3-9(8)10/h1-4,7,11-12H,5-6H2/q-1. The Hall–Kier alpha value is -1.28. The van der Waals surface area contributed by atoms with Crippen LogP contribution < -0.4 is 0 Å². The predicted octanol–water partition coefficient (Wildman–Crippen LogP) is 2.76. The lowest BCUT2D eigenvalue weighted by atomic mass is 10.1. The van der Waals surface area contributed by atoms with Crippen LogP contribution in [0.1, 0.15) is 5.56 Å². The molecule has 0 atom stereocenters. The first-order chi connectivity index (χ1) is 5.92. The van der Waals surface area contributed by atoms with Crippen molar-refractivity contribution < 1.29 is 0 Å². The number of aromatic amines is 1. The highest BCUT2D eigenvalue weighted by molar-refractivity contribution is 5.83. The summed E-state index contributed by atoms with van der Waals surface area (Å²) in [6.07, 6.45) is 2.84. The summed E-state index contributed by atoms with van der Waals surface area (Å²) < 4.78 is 0. The van der Waals surface area contributed by atoms with Gasteiger partial charge in [-0.15, -0.1) is 6.54 Å². The van der Waals surface area contributed by atoms with E-state index in [0.29, 0.717) is 6.54 Å². The molecule has 2 aromatic rings. The lowest BCUT2D eigenvalue weighted by Crippen LogP contribution is -1.83. The Morgan fingerprint density at radius 3 is 2.92 bits per heavy atom. The van der Waals surface area contributed by atoms with Crippen LogP contribution in [0.25, 0.3) is 16.6 Å². The van der Waals surface area contributed by atoms with Crippen molar-refractivity contribution in [1.29, 1.82) is 0 Å². The molecule has 0 aliphatic rings. The molecule has 0 saturated heterocycles. The van der Waals surface area contributed by atoms with Gasteiger partial charge in [-0.05, 0) is 18.1 Å². The van der Waals surface area contributed by atoms with E-state index in [1.165, 1.54) is 16.5 Å². The minimum absolute atomic E-state index is 0.460. The van der Waals surface area contributed by atoms with Gasteiger partial charge in [-0.3, -0.25) is 0 Å². The molecule has 12 heavy (non-hydrogen) atoms. The molecule has 0 saturated carbocycles. The largest absolute Gasteiger partial charge is 0.677 e. The van der Waals surface area contributed by atoms with Crippen LogP contribution >= 0.6 is 0 Å². The van der Waals surface area contributed by atoms with E-state index >= 15 is 0 Å². The summed E-state index contributed by atoms with van der Waals surface area (Å²) >= 11 is 0. The van der Waals surface area contributed by atoms with Gasteiger partial charge >= 0.3 is 0 Å². The number of benzene rings is 1. The Labute approximate surface area is 71.4 Å². The Morgan fingerprint density at radius 1 is 1.25 bits per heavy atom. The SMILES string of the molecule is [NH-]CCc1c[nH]c2ccccc12. The van der Waals surface area contributed by atoms with Gasteiger partial charge in [0, 0.05) is 17.1 Å². The lowest BCUT2D eigenvalue weighted by Gasteiger charge is -1.98. The van der Waals surface area contributed by atoms with Crippen molar-refractivity contribution in [3.63, 3.8) is 0 Å². The molecule has 1 aromatic heterocycles. The molecule has 1 heterocycles. The highest BCUT2D eigenvalue weighted by atomic mass is 14.7. The summed E-state index contributed by atoms with van der Waals surface area (Å²) in [6.45, 7) is 0.460. The number of hydrogen-bond acceptors (Lipinski definition) is 0. The fraction of sp³-hybridized carbons (Fsp3) is 0.200. The summed E-state index contributed by atoms with van der Waals surface area (Å²) in [5, 5.41) is 1.25. The number of aromatic nitrogens is 1. The van der Waals surface area contributed by atoms with Crippen molar-refractivity contribution in [2.24, 2.45) is 0 Å². The highest BCUT2D eigenvalue weighted by Crippen LogP contribution is 2.17. The molecule has 62 valence electrons. The van der Waals surface area contributed by atoms with Gasteiger partial charge in [-0.1, -0.05) is 18.2 Å². The van der Waals surface area contributed by atoms with Crippen LogP contribution in [0, 0.1) is 0 Å². The van der Waals surface area contributed by atoms with Gasteiger partial charge in [0.2, 0.25) is 0 Å². The normalized spacial score (nSPS) is 10.8. The van der Waals surface area contributed by atoms with E-state index in [4.69, 9.17) is 5.73 Å². The van der Waals surface area contributed by atoms with Gasteiger partial charge in [-0.2, -0.15) is 0 Å². The summed E-state index contributed by atoms with van der Waals surface area (Å²) in [4.78, 5) is 3.19. The Bertz CT molecular complexity index is 376. The number of fused-ring (bicyclic) bond motifs is 1. The minimum atomic E-state index is 0.460. The second-order valence-corrected chi connectivity index (χ2v) is 2.86. The first-order valence-electron chi connectivity index (χ1n) is 4.11. The van der Waals surface area contributed by atoms with Gasteiger partial charge in [0.25, 0.3) is 0 Å². The van der Waals surface area contributed by atoms with Gasteiger partial charge in [0.15, 0.2) is 0 Å². The van der Waals surface area contributed by atoms with E-state index in [1.807, 2.05) is 18.3 Å². The second-order valence-electron chi connectivity index (χ2n) is 2.86. The second kappa shape index (κ2) is 2.99. The molecule has 0 aliphatic carbocycles. The zero-order chi connectivity index (χ0) is 8.39. The third-order valence-electron chi connectivity index (χ3n) is 2.07. The van der Waals surface area contributed by atoms with E-state index in [9.17, 15) is 0 Å². The Kier molecular flexibility index (Phi) is 1.84. The zero-order valence-electron chi connectivity index (χ0n) is 6.80. The fourth-order valence-electron chi connectivity index (χ4n) is 1.47. The molecule has 0 aliphatic heterocycles. The van der Waals surface area contributed by atoms with Crippen molar-refractivity contribution in [3.05, 3.63) is 41.8 Å². The van der Waals surface area contributed by atoms with Crippen molar-refractivity contribution in [3.8, 4) is 0 Å². The molecule has 1 aromatic carbocycles.